The quantitative estimate of drug-likeness (QED) is 0.753. The van der Waals surface area contributed by atoms with Crippen LogP contribution in [0.1, 0.15) is 22.3 Å². The highest BCUT2D eigenvalue weighted by Gasteiger charge is 2.23. The third kappa shape index (κ3) is 1.46. The van der Waals surface area contributed by atoms with Crippen LogP contribution in [0.2, 0.25) is 0 Å². The summed E-state index contributed by atoms with van der Waals surface area (Å²) >= 11 is 0. The van der Waals surface area contributed by atoms with Gasteiger partial charge in [0.25, 0.3) is 0 Å². The van der Waals surface area contributed by atoms with Gasteiger partial charge in [-0.2, -0.15) is 0 Å². The zero-order valence-electron chi connectivity index (χ0n) is 10.4. The molecule has 0 aromatic heterocycles. The van der Waals surface area contributed by atoms with Gasteiger partial charge in [0, 0.05) is 0 Å². The Hall–Kier alpha value is -1.84. The van der Waals surface area contributed by atoms with E-state index in [1.54, 1.807) is 0 Å². The first-order valence-electron chi connectivity index (χ1n) is 6.56. The lowest BCUT2D eigenvalue weighted by molar-refractivity contribution is 0.425. The van der Waals surface area contributed by atoms with Crippen molar-refractivity contribution in [2.45, 2.75) is 12.8 Å². The molecule has 19 heavy (non-hydrogen) atoms. The Labute approximate surface area is 111 Å². The number of allylic oxidation sites excluding steroid dienone is 2. The van der Waals surface area contributed by atoms with Crippen molar-refractivity contribution in [1.82, 2.24) is 0 Å². The maximum absolute atomic E-state index is 9.62. The van der Waals surface area contributed by atoms with Crippen molar-refractivity contribution in [3.63, 3.8) is 0 Å². The molecule has 0 amide bonds. The standard InChI is InChI=1S/C16H13BO2/c18-17(19)14-9-12-5-1-3-10-7-8-11-4-2-6-13(14)16(11)15(10)12/h1-2,4-5,7-9,18-19H,3,6H2. The van der Waals surface area contributed by atoms with Crippen molar-refractivity contribution in [1.29, 1.82) is 0 Å². The van der Waals surface area contributed by atoms with E-state index < -0.39 is 7.12 Å². The summed E-state index contributed by atoms with van der Waals surface area (Å²) in [5.41, 5.74) is 5.30. The minimum atomic E-state index is -1.41. The normalized spacial score (nSPS) is 15.1. The average molecular weight is 248 g/mol. The van der Waals surface area contributed by atoms with Gasteiger partial charge in [-0.05, 0) is 51.3 Å². The predicted octanol–water partition coefficient (Wildman–Crippen LogP) is 1.66. The molecular formula is C16H13BO2. The molecule has 2 aliphatic carbocycles. The molecule has 92 valence electrons. The van der Waals surface area contributed by atoms with E-state index in [0.717, 1.165) is 24.0 Å². The summed E-state index contributed by atoms with van der Waals surface area (Å²) in [7, 11) is -1.41. The minimum absolute atomic E-state index is 0.636. The fraction of sp³-hybridized carbons (Fsp3) is 0.125. The monoisotopic (exact) mass is 248 g/mol. The number of hydrogen-bond donors (Lipinski definition) is 2. The maximum Gasteiger partial charge on any atom is 0.488 e. The molecule has 0 saturated carbocycles. The largest absolute Gasteiger partial charge is 0.488 e. The lowest BCUT2D eigenvalue weighted by Crippen LogP contribution is -2.34. The van der Waals surface area contributed by atoms with Gasteiger partial charge in [-0.15, -0.1) is 0 Å². The van der Waals surface area contributed by atoms with Gasteiger partial charge in [0.15, 0.2) is 0 Å². The second kappa shape index (κ2) is 3.83. The molecule has 0 unspecified atom stereocenters. The van der Waals surface area contributed by atoms with Crippen molar-refractivity contribution in [2.24, 2.45) is 0 Å². The SMILES string of the molecule is OB(O)c1cc2c3c(ccc4c3c1CC=C4)CC=C2. The Balaban J connectivity index is 2.23. The summed E-state index contributed by atoms with van der Waals surface area (Å²) in [5, 5.41) is 21.7. The average Bonchev–Trinajstić information content (AvgIpc) is 2.44. The molecule has 2 N–H and O–H groups in total. The Morgan fingerprint density at radius 2 is 1.68 bits per heavy atom. The fourth-order valence-electron chi connectivity index (χ4n) is 3.30. The van der Waals surface area contributed by atoms with E-state index in [2.05, 4.69) is 36.4 Å². The Morgan fingerprint density at radius 3 is 2.53 bits per heavy atom. The maximum atomic E-state index is 9.62. The smallest absolute Gasteiger partial charge is 0.423 e. The van der Waals surface area contributed by atoms with Crippen LogP contribution in [0, 0.1) is 0 Å². The molecule has 0 heterocycles. The molecular weight excluding hydrogens is 235 g/mol. The van der Waals surface area contributed by atoms with Crippen LogP contribution in [0.25, 0.3) is 22.9 Å². The van der Waals surface area contributed by atoms with Gasteiger partial charge in [0.1, 0.15) is 0 Å². The molecule has 0 fully saturated rings. The van der Waals surface area contributed by atoms with Crippen molar-refractivity contribution in [2.75, 3.05) is 0 Å². The molecule has 2 aliphatic rings. The summed E-state index contributed by atoms with van der Waals surface area (Å²) in [6.07, 6.45) is 10.1. The molecule has 0 bridgehead atoms. The molecule has 0 atom stereocenters. The molecule has 2 nitrogen and oxygen atoms in total. The summed E-state index contributed by atoms with van der Waals surface area (Å²) in [6.45, 7) is 0. The third-order valence-corrected chi connectivity index (χ3v) is 4.11. The summed E-state index contributed by atoms with van der Waals surface area (Å²) in [5.74, 6) is 0. The Morgan fingerprint density at radius 1 is 0.895 bits per heavy atom. The Bertz CT molecular complexity index is 757. The van der Waals surface area contributed by atoms with Crippen LogP contribution in [0.3, 0.4) is 0 Å². The van der Waals surface area contributed by atoms with Gasteiger partial charge in [-0.1, -0.05) is 42.5 Å². The van der Waals surface area contributed by atoms with Crippen molar-refractivity contribution in [3.05, 3.63) is 52.6 Å². The van der Waals surface area contributed by atoms with E-state index in [4.69, 9.17) is 0 Å². The van der Waals surface area contributed by atoms with Crippen LogP contribution in [0.15, 0.2) is 30.4 Å². The lowest BCUT2D eigenvalue weighted by Gasteiger charge is -2.22. The van der Waals surface area contributed by atoms with Crippen molar-refractivity contribution in [3.8, 4) is 0 Å². The lowest BCUT2D eigenvalue weighted by atomic mass is 9.71. The Kier molecular flexibility index (Phi) is 2.22. The van der Waals surface area contributed by atoms with Crippen molar-refractivity contribution < 1.29 is 10.0 Å². The van der Waals surface area contributed by atoms with Gasteiger partial charge >= 0.3 is 7.12 Å². The zero-order chi connectivity index (χ0) is 13.0. The van der Waals surface area contributed by atoms with Crippen LogP contribution in [0.5, 0.6) is 0 Å². The molecule has 0 spiro atoms. The topological polar surface area (TPSA) is 40.5 Å². The molecule has 3 heteroatoms. The summed E-state index contributed by atoms with van der Waals surface area (Å²) < 4.78 is 0. The van der Waals surface area contributed by atoms with E-state index in [0.29, 0.717) is 5.46 Å². The molecule has 0 saturated heterocycles. The van der Waals surface area contributed by atoms with E-state index >= 15 is 0 Å². The summed E-state index contributed by atoms with van der Waals surface area (Å²) in [6, 6.07) is 6.23. The number of benzene rings is 2. The van der Waals surface area contributed by atoms with Crippen LogP contribution in [-0.4, -0.2) is 17.2 Å². The molecule has 0 radical (unpaired) electrons. The first kappa shape index (κ1) is 11.0. The number of hydrogen-bond acceptors (Lipinski definition) is 2. The first-order valence-corrected chi connectivity index (χ1v) is 6.56. The number of rotatable bonds is 1. The minimum Gasteiger partial charge on any atom is -0.423 e. The van der Waals surface area contributed by atoms with E-state index in [9.17, 15) is 10.0 Å². The fourth-order valence-corrected chi connectivity index (χ4v) is 3.30. The summed E-state index contributed by atoms with van der Waals surface area (Å²) in [4.78, 5) is 0. The van der Waals surface area contributed by atoms with Gasteiger partial charge in [0.2, 0.25) is 0 Å². The second-order valence-electron chi connectivity index (χ2n) is 5.18. The van der Waals surface area contributed by atoms with Gasteiger partial charge in [-0.3, -0.25) is 0 Å². The first-order chi connectivity index (χ1) is 9.25. The van der Waals surface area contributed by atoms with Gasteiger partial charge in [-0.25, -0.2) is 0 Å². The van der Waals surface area contributed by atoms with Crippen molar-refractivity contribution >= 4 is 35.5 Å². The highest BCUT2D eigenvalue weighted by molar-refractivity contribution is 6.60. The van der Waals surface area contributed by atoms with Crippen LogP contribution in [-0.2, 0) is 12.8 Å². The van der Waals surface area contributed by atoms with Crippen LogP contribution in [0.4, 0.5) is 0 Å². The van der Waals surface area contributed by atoms with Crippen LogP contribution < -0.4 is 5.46 Å². The van der Waals surface area contributed by atoms with E-state index in [1.807, 2.05) is 6.07 Å². The second-order valence-corrected chi connectivity index (χ2v) is 5.18. The van der Waals surface area contributed by atoms with E-state index in [1.165, 1.54) is 21.9 Å². The van der Waals surface area contributed by atoms with E-state index in [-0.39, 0.29) is 0 Å². The highest BCUT2D eigenvalue weighted by Crippen LogP contribution is 2.35. The highest BCUT2D eigenvalue weighted by atomic mass is 16.4. The third-order valence-electron chi connectivity index (χ3n) is 4.11. The predicted molar refractivity (Wildman–Crippen MR) is 79.2 cm³/mol. The van der Waals surface area contributed by atoms with Gasteiger partial charge < -0.3 is 10.0 Å². The molecule has 2 aromatic rings. The molecule has 4 rings (SSSR count). The zero-order valence-corrected chi connectivity index (χ0v) is 10.4. The van der Waals surface area contributed by atoms with Gasteiger partial charge in [0.05, 0.1) is 0 Å². The van der Waals surface area contributed by atoms with Crippen LogP contribution >= 0.6 is 0 Å². The molecule has 0 aliphatic heterocycles. The molecule has 2 aromatic carbocycles.